The van der Waals surface area contributed by atoms with Gasteiger partial charge in [-0.05, 0) is 63.5 Å². The van der Waals surface area contributed by atoms with Crippen molar-refractivity contribution in [3.63, 3.8) is 0 Å². The highest BCUT2D eigenvalue weighted by Crippen LogP contribution is 2.28. The fourth-order valence-corrected chi connectivity index (χ4v) is 4.36. The molecule has 5 rings (SSSR count). The number of ether oxygens (including phenoxy) is 2. The zero-order chi connectivity index (χ0) is 25.8. The molecule has 0 N–H and O–H groups in total. The molecular formula is C28H23BrN6O2. The maximum Gasteiger partial charge on any atom is 0.218 e. The average molecular weight is 555 g/mol. The van der Waals surface area contributed by atoms with Crippen LogP contribution in [0.2, 0.25) is 0 Å². The number of hydrogen-bond donors (Lipinski definition) is 0. The highest BCUT2D eigenvalue weighted by Gasteiger charge is 2.19. The summed E-state index contributed by atoms with van der Waals surface area (Å²) in [6, 6.07) is 25.5. The van der Waals surface area contributed by atoms with Gasteiger partial charge in [-0.25, -0.2) is 9.50 Å². The Morgan fingerprint density at radius 2 is 1.41 bits per heavy atom. The van der Waals surface area contributed by atoms with Crippen molar-refractivity contribution < 1.29 is 9.47 Å². The normalized spacial score (nSPS) is 10.8. The Morgan fingerprint density at radius 1 is 0.838 bits per heavy atom. The van der Waals surface area contributed by atoms with Gasteiger partial charge in [-0.2, -0.15) is 10.2 Å². The van der Waals surface area contributed by atoms with E-state index in [9.17, 15) is 5.26 Å². The van der Waals surface area contributed by atoms with E-state index < -0.39 is 0 Å². The molecule has 0 radical (unpaired) electrons. The van der Waals surface area contributed by atoms with E-state index in [-0.39, 0.29) is 0 Å². The molecule has 0 saturated carbocycles. The predicted molar refractivity (Wildman–Crippen MR) is 145 cm³/mol. The third-order valence-electron chi connectivity index (χ3n) is 5.95. The standard InChI is InChI=1S/C28H23BrN6O2/c1-36-23-11-5-20(6-12-23)16-34(17-21-7-13-24(37-2)14-8-21)26-27-32-28(29)33-35(27)18-25(31-26)22-9-3-19(15-30)4-10-22/h3-14,18H,16-17H2,1-2H3. The van der Waals surface area contributed by atoms with Crippen LogP contribution in [0.25, 0.3) is 16.9 Å². The summed E-state index contributed by atoms with van der Waals surface area (Å²) >= 11 is 3.42. The largest absolute Gasteiger partial charge is 0.497 e. The fourth-order valence-electron chi connectivity index (χ4n) is 4.02. The molecule has 0 fully saturated rings. The Labute approximate surface area is 222 Å². The molecule has 0 spiro atoms. The van der Waals surface area contributed by atoms with Crippen LogP contribution in [-0.2, 0) is 13.1 Å². The minimum absolute atomic E-state index is 0.473. The maximum absolute atomic E-state index is 9.19. The summed E-state index contributed by atoms with van der Waals surface area (Å²) in [6.45, 7) is 1.17. The van der Waals surface area contributed by atoms with Gasteiger partial charge >= 0.3 is 0 Å². The first kappa shape index (κ1) is 24.3. The Hall–Kier alpha value is -4.42. The molecule has 5 aromatic rings. The number of aromatic nitrogens is 4. The highest BCUT2D eigenvalue weighted by atomic mass is 79.9. The second kappa shape index (κ2) is 10.7. The molecule has 37 heavy (non-hydrogen) atoms. The van der Waals surface area contributed by atoms with E-state index in [1.165, 1.54) is 0 Å². The summed E-state index contributed by atoms with van der Waals surface area (Å²) in [7, 11) is 3.31. The Kier molecular flexibility index (Phi) is 7.01. The van der Waals surface area contributed by atoms with Crippen LogP contribution in [0.5, 0.6) is 11.5 Å². The number of methoxy groups -OCH3 is 2. The van der Waals surface area contributed by atoms with Crippen molar-refractivity contribution in [1.82, 2.24) is 19.6 Å². The van der Waals surface area contributed by atoms with Crippen LogP contribution >= 0.6 is 15.9 Å². The summed E-state index contributed by atoms with van der Waals surface area (Å²) in [4.78, 5) is 11.8. The number of nitrogens with zero attached hydrogens (tertiary/aromatic N) is 6. The lowest BCUT2D eigenvalue weighted by Crippen LogP contribution is -2.24. The number of hydrogen-bond acceptors (Lipinski definition) is 7. The van der Waals surface area contributed by atoms with Crippen molar-refractivity contribution in [3.8, 4) is 28.8 Å². The lowest BCUT2D eigenvalue weighted by molar-refractivity contribution is 0.414. The van der Waals surface area contributed by atoms with Crippen LogP contribution in [0.1, 0.15) is 16.7 Å². The van der Waals surface area contributed by atoms with E-state index in [1.807, 2.05) is 66.9 Å². The van der Waals surface area contributed by atoms with Crippen molar-refractivity contribution in [3.05, 3.63) is 100 Å². The maximum atomic E-state index is 9.19. The van der Waals surface area contributed by atoms with Gasteiger partial charge in [-0.3, -0.25) is 0 Å². The number of benzene rings is 3. The number of nitriles is 1. The van der Waals surface area contributed by atoms with Gasteiger partial charge in [-0.1, -0.05) is 36.4 Å². The minimum atomic E-state index is 0.473. The molecule has 0 amide bonds. The molecule has 2 heterocycles. The predicted octanol–water partition coefficient (Wildman–Crippen LogP) is 5.65. The summed E-state index contributed by atoms with van der Waals surface area (Å²) < 4.78 is 12.9. The van der Waals surface area contributed by atoms with E-state index in [0.29, 0.717) is 34.9 Å². The molecule has 0 unspecified atom stereocenters. The van der Waals surface area contributed by atoms with Crippen LogP contribution in [0.15, 0.2) is 83.7 Å². The molecule has 9 heteroatoms. The summed E-state index contributed by atoms with van der Waals surface area (Å²) in [5.74, 6) is 2.29. The Balaban J connectivity index is 1.61. The zero-order valence-corrected chi connectivity index (χ0v) is 21.9. The first-order chi connectivity index (χ1) is 18.1. The molecule has 0 atom stereocenters. The highest BCUT2D eigenvalue weighted by molar-refractivity contribution is 9.10. The van der Waals surface area contributed by atoms with Gasteiger partial charge in [0.15, 0.2) is 11.5 Å². The summed E-state index contributed by atoms with van der Waals surface area (Å²) in [5.41, 5.74) is 5.01. The smallest absolute Gasteiger partial charge is 0.218 e. The van der Waals surface area contributed by atoms with Crippen LogP contribution in [0.3, 0.4) is 0 Å². The lowest BCUT2D eigenvalue weighted by Gasteiger charge is -2.25. The molecule has 184 valence electrons. The van der Waals surface area contributed by atoms with Crippen molar-refractivity contribution in [2.75, 3.05) is 19.1 Å². The number of rotatable bonds is 8. The van der Waals surface area contributed by atoms with Gasteiger partial charge in [0, 0.05) is 18.7 Å². The van der Waals surface area contributed by atoms with Gasteiger partial charge in [0.05, 0.1) is 37.7 Å². The van der Waals surface area contributed by atoms with Crippen molar-refractivity contribution in [2.45, 2.75) is 13.1 Å². The van der Waals surface area contributed by atoms with E-state index in [0.717, 1.165) is 33.9 Å². The molecule has 0 aliphatic rings. The van der Waals surface area contributed by atoms with Crippen molar-refractivity contribution in [1.29, 1.82) is 5.26 Å². The fraction of sp³-hybridized carbons (Fsp3) is 0.143. The number of fused-ring (bicyclic) bond motifs is 1. The summed E-state index contributed by atoms with van der Waals surface area (Å²) in [5, 5.41) is 13.7. The first-order valence-electron chi connectivity index (χ1n) is 11.5. The first-order valence-corrected chi connectivity index (χ1v) is 12.3. The van der Waals surface area contributed by atoms with E-state index in [2.05, 4.69) is 37.0 Å². The molecule has 0 bridgehead atoms. The SMILES string of the molecule is COc1ccc(CN(Cc2ccc(OC)cc2)c2nc(-c3ccc(C#N)cc3)cn3nc(Br)nc23)cc1. The van der Waals surface area contributed by atoms with Crippen LogP contribution in [0.4, 0.5) is 5.82 Å². The van der Waals surface area contributed by atoms with Gasteiger partial charge in [-0.15, -0.1) is 5.10 Å². The molecule has 8 nitrogen and oxygen atoms in total. The average Bonchev–Trinajstić information content (AvgIpc) is 3.33. The number of halogens is 1. The summed E-state index contributed by atoms with van der Waals surface area (Å²) in [6.07, 6.45) is 1.84. The second-order valence-corrected chi connectivity index (χ2v) is 9.05. The molecular weight excluding hydrogens is 532 g/mol. The molecule has 3 aromatic carbocycles. The van der Waals surface area contributed by atoms with Gasteiger partial charge < -0.3 is 14.4 Å². The second-order valence-electron chi connectivity index (χ2n) is 8.34. The van der Waals surface area contributed by atoms with Crippen LogP contribution < -0.4 is 14.4 Å². The molecule has 0 aliphatic heterocycles. The zero-order valence-electron chi connectivity index (χ0n) is 20.3. The lowest BCUT2D eigenvalue weighted by atomic mass is 10.1. The third-order valence-corrected chi connectivity index (χ3v) is 6.29. The van der Waals surface area contributed by atoms with Gasteiger partial charge in [0.1, 0.15) is 11.5 Å². The Morgan fingerprint density at radius 3 is 1.92 bits per heavy atom. The topological polar surface area (TPSA) is 88.6 Å². The quantitative estimate of drug-likeness (QED) is 0.245. The van der Waals surface area contributed by atoms with Crippen LogP contribution in [0, 0.1) is 11.3 Å². The molecule has 2 aromatic heterocycles. The monoisotopic (exact) mass is 554 g/mol. The Bertz CT molecular complexity index is 1510. The minimum Gasteiger partial charge on any atom is -0.497 e. The van der Waals surface area contributed by atoms with Gasteiger partial charge in [0.2, 0.25) is 4.73 Å². The van der Waals surface area contributed by atoms with Crippen molar-refractivity contribution in [2.24, 2.45) is 0 Å². The molecule has 0 aliphatic carbocycles. The van der Waals surface area contributed by atoms with E-state index >= 15 is 0 Å². The van der Waals surface area contributed by atoms with E-state index in [4.69, 9.17) is 14.5 Å². The number of anilines is 1. The third kappa shape index (κ3) is 5.39. The van der Waals surface area contributed by atoms with E-state index in [1.54, 1.807) is 30.9 Å². The van der Waals surface area contributed by atoms with Gasteiger partial charge in [0.25, 0.3) is 0 Å². The van der Waals surface area contributed by atoms with Crippen molar-refractivity contribution >= 4 is 27.4 Å². The van der Waals surface area contributed by atoms with Crippen LogP contribution in [-0.4, -0.2) is 33.8 Å². The molecule has 0 saturated heterocycles.